The van der Waals surface area contributed by atoms with E-state index in [-0.39, 0.29) is 11.8 Å². The minimum absolute atomic E-state index is 0.163. The summed E-state index contributed by atoms with van der Waals surface area (Å²) in [5, 5.41) is 11.9. The summed E-state index contributed by atoms with van der Waals surface area (Å²) in [6, 6.07) is 8.77. The number of ether oxygens (including phenoxy) is 1. The molecule has 4 atom stereocenters. The number of benzene rings is 1. The zero-order chi connectivity index (χ0) is 19.1. The summed E-state index contributed by atoms with van der Waals surface area (Å²) in [6.45, 7) is 2.80. The van der Waals surface area contributed by atoms with Gasteiger partial charge in [0.05, 0.1) is 25.8 Å². The van der Waals surface area contributed by atoms with Gasteiger partial charge in [0.25, 0.3) is 0 Å². The van der Waals surface area contributed by atoms with Crippen molar-refractivity contribution in [2.45, 2.75) is 44.3 Å². The van der Waals surface area contributed by atoms with Gasteiger partial charge in [-0.3, -0.25) is 14.4 Å². The minimum atomic E-state index is 0.163. The molecular weight excluding hydrogens is 354 g/mol. The van der Waals surface area contributed by atoms with Gasteiger partial charge in [0.15, 0.2) is 0 Å². The van der Waals surface area contributed by atoms with E-state index in [2.05, 4.69) is 20.5 Å². The lowest BCUT2D eigenvalue weighted by molar-refractivity contribution is -0.133. The third kappa shape index (κ3) is 3.51. The SMILES string of the molecule is COc1ccc(-c2cn(C[C@H]3CC4CCN3C[C@@H]4C(=O)NC3CC3)nn2)cc1. The molecule has 0 radical (unpaired) electrons. The number of nitrogens with one attached hydrogen (secondary N) is 1. The Kier molecular flexibility index (Phi) is 4.55. The molecule has 2 unspecified atom stereocenters. The van der Waals surface area contributed by atoms with Gasteiger partial charge in [0.1, 0.15) is 11.4 Å². The van der Waals surface area contributed by atoms with E-state index in [1.165, 1.54) is 0 Å². The molecule has 1 saturated carbocycles. The Morgan fingerprint density at radius 2 is 2.07 bits per heavy atom. The molecule has 0 spiro atoms. The van der Waals surface area contributed by atoms with Crippen molar-refractivity contribution in [3.8, 4) is 17.0 Å². The number of hydrogen-bond donors (Lipinski definition) is 1. The van der Waals surface area contributed by atoms with E-state index in [0.717, 1.165) is 62.3 Å². The Morgan fingerprint density at radius 1 is 1.25 bits per heavy atom. The topological polar surface area (TPSA) is 72.3 Å². The van der Waals surface area contributed by atoms with Crippen molar-refractivity contribution in [3.63, 3.8) is 0 Å². The molecule has 4 heterocycles. The van der Waals surface area contributed by atoms with Crippen LogP contribution in [0.1, 0.15) is 25.7 Å². The zero-order valence-corrected chi connectivity index (χ0v) is 16.3. The number of fused-ring (bicyclic) bond motifs is 3. The fourth-order valence-corrected chi connectivity index (χ4v) is 4.66. The van der Waals surface area contributed by atoms with Gasteiger partial charge in [-0.2, -0.15) is 0 Å². The molecule has 148 valence electrons. The number of rotatable bonds is 6. The van der Waals surface area contributed by atoms with Crippen LogP contribution in [0.3, 0.4) is 0 Å². The van der Waals surface area contributed by atoms with Crippen LogP contribution in [-0.4, -0.2) is 58.1 Å². The first-order valence-electron chi connectivity index (χ1n) is 10.3. The van der Waals surface area contributed by atoms with E-state index in [1.54, 1.807) is 7.11 Å². The zero-order valence-electron chi connectivity index (χ0n) is 16.3. The number of amides is 1. The van der Waals surface area contributed by atoms with Gasteiger partial charge in [-0.05, 0) is 62.4 Å². The molecule has 28 heavy (non-hydrogen) atoms. The lowest BCUT2D eigenvalue weighted by atomic mass is 9.75. The third-order valence-electron chi connectivity index (χ3n) is 6.46. The molecule has 1 amide bonds. The molecule has 2 bridgehead atoms. The lowest BCUT2D eigenvalue weighted by Gasteiger charge is -2.49. The number of piperidine rings is 3. The Bertz CT molecular complexity index is 845. The maximum Gasteiger partial charge on any atom is 0.224 e. The van der Waals surface area contributed by atoms with Gasteiger partial charge in [-0.25, -0.2) is 0 Å². The first kappa shape index (κ1) is 17.7. The molecule has 4 fully saturated rings. The average molecular weight is 381 g/mol. The minimum Gasteiger partial charge on any atom is -0.497 e. The van der Waals surface area contributed by atoms with Gasteiger partial charge in [-0.15, -0.1) is 5.10 Å². The second-order valence-corrected chi connectivity index (χ2v) is 8.38. The number of carbonyl (C=O) groups is 1. The Hall–Kier alpha value is -2.41. The van der Waals surface area contributed by atoms with Crippen molar-refractivity contribution in [2.24, 2.45) is 11.8 Å². The monoisotopic (exact) mass is 381 g/mol. The summed E-state index contributed by atoms with van der Waals surface area (Å²) < 4.78 is 7.16. The lowest BCUT2D eigenvalue weighted by Crippen LogP contribution is -2.58. The first-order chi connectivity index (χ1) is 13.7. The number of methoxy groups -OCH3 is 1. The molecule has 6 rings (SSSR count). The summed E-state index contributed by atoms with van der Waals surface area (Å²) in [6.07, 6.45) is 6.52. The van der Waals surface area contributed by atoms with E-state index < -0.39 is 0 Å². The van der Waals surface area contributed by atoms with Gasteiger partial charge < -0.3 is 10.1 Å². The van der Waals surface area contributed by atoms with E-state index in [4.69, 9.17) is 4.74 Å². The average Bonchev–Trinajstić information content (AvgIpc) is 3.43. The highest BCUT2D eigenvalue weighted by molar-refractivity contribution is 5.80. The second-order valence-electron chi connectivity index (χ2n) is 8.38. The molecule has 7 heteroatoms. The number of nitrogens with zero attached hydrogens (tertiary/aromatic N) is 4. The van der Waals surface area contributed by atoms with Crippen LogP contribution in [-0.2, 0) is 11.3 Å². The van der Waals surface area contributed by atoms with Gasteiger partial charge >= 0.3 is 0 Å². The Morgan fingerprint density at radius 3 is 2.75 bits per heavy atom. The van der Waals surface area contributed by atoms with Crippen molar-refractivity contribution in [1.82, 2.24) is 25.2 Å². The second kappa shape index (κ2) is 7.20. The molecule has 1 aromatic carbocycles. The van der Waals surface area contributed by atoms with Gasteiger partial charge in [0, 0.05) is 24.2 Å². The molecule has 1 N–H and O–H groups in total. The summed E-state index contributed by atoms with van der Waals surface area (Å²) in [5.41, 5.74) is 1.91. The molecule has 3 saturated heterocycles. The predicted molar refractivity (Wildman–Crippen MR) is 105 cm³/mol. The van der Waals surface area contributed by atoms with E-state index in [1.807, 2.05) is 35.1 Å². The van der Waals surface area contributed by atoms with Gasteiger partial charge in [-0.1, -0.05) is 5.21 Å². The summed E-state index contributed by atoms with van der Waals surface area (Å²) >= 11 is 0. The van der Waals surface area contributed by atoms with Crippen molar-refractivity contribution < 1.29 is 9.53 Å². The Balaban J connectivity index is 1.22. The van der Waals surface area contributed by atoms with Crippen LogP contribution in [0.25, 0.3) is 11.3 Å². The fraction of sp³-hybridized carbons (Fsp3) is 0.571. The van der Waals surface area contributed by atoms with Crippen LogP contribution < -0.4 is 10.1 Å². The number of hydrogen-bond acceptors (Lipinski definition) is 5. The quantitative estimate of drug-likeness (QED) is 0.828. The standard InChI is InChI=1S/C21H27N5O2/c1-28-18-6-2-14(3-7-18)20-13-26(24-23-20)11-17-10-15-8-9-25(17)12-19(15)21(27)22-16-4-5-16/h2-3,6-7,13,15-17,19H,4-5,8-12H2,1H3,(H,22,27)/t15?,17-,19+/m1/s1. The van der Waals surface area contributed by atoms with Crippen LogP contribution in [0.5, 0.6) is 5.75 Å². The third-order valence-corrected chi connectivity index (χ3v) is 6.46. The molecule has 1 aromatic heterocycles. The maximum absolute atomic E-state index is 12.5. The van der Waals surface area contributed by atoms with Crippen molar-refractivity contribution in [1.29, 1.82) is 0 Å². The van der Waals surface area contributed by atoms with Crippen molar-refractivity contribution in [3.05, 3.63) is 30.5 Å². The van der Waals surface area contributed by atoms with E-state index in [9.17, 15) is 4.79 Å². The number of aromatic nitrogens is 3. The van der Waals surface area contributed by atoms with Crippen LogP contribution in [0.2, 0.25) is 0 Å². The van der Waals surface area contributed by atoms with E-state index in [0.29, 0.717) is 18.0 Å². The summed E-state index contributed by atoms with van der Waals surface area (Å²) in [7, 11) is 1.67. The van der Waals surface area contributed by atoms with Crippen LogP contribution >= 0.6 is 0 Å². The maximum atomic E-state index is 12.5. The van der Waals surface area contributed by atoms with Crippen LogP contribution in [0.15, 0.2) is 30.5 Å². The highest BCUT2D eigenvalue weighted by Crippen LogP contribution is 2.37. The molecule has 7 nitrogen and oxygen atoms in total. The summed E-state index contributed by atoms with van der Waals surface area (Å²) in [5.74, 6) is 1.77. The van der Waals surface area contributed by atoms with Crippen molar-refractivity contribution >= 4 is 5.91 Å². The molecule has 4 aliphatic rings. The van der Waals surface area contributed by atoms with E-state index >= 15 is 0 Å². The highest BCUT2D eigenvalue weighted by Gasteiger charge is 2.44. The molecule has 1 aliphatic carbocycles. The molecule has 2 aromatic rings. The Labute approximate surface area is 165 Å². The normalized spacial score (nSPS) is 28.9. The largest absolute Gasteiger partial charge is 0.497 e. The van der Waals surface area contributed by atoms with Gasteiger partial charge in [0.2, 0.25) is 5.91 Å². The smallest absolute Gasteiger partial charge is 0.224 e. The van der Waals surface area contributed by atoms with Crippen molar-refractivity contribution in [2.75, 3.05) is 20.2 Å². The number of carbonyl (C=O) groups excluding carboxylic acids is 1. The fourth-order valence-electron chi connectivity index (χ4n) is 4.66. The van der Waals surface area contributed by atoms with Crippen LogP contribution in [0.4, 0.5) is 0 Å². The summed E-state index contributed by atoms with van der Waals surface area (Å²) in [4.78, 5) is 15.0. The predicted octanol–water partition coefficient (Wildman–Crippen LogP) is 1.94. The molecule has 3 aliphatic heterocycles. The highest BCUT2D eigenvalue weighted by atomic mass is 16.5. The molecular formula is C21H27N5O2. The first-order valence-corrected chi connectivity index (χ1v) is 10.3. The van der Waals surface area contributed by atoms with Crippen LogP contribution in [0, 0.1) is 11.8 Å².